The minimum absolute atomic E-state index is 0.0441. The summed E-state index contributed by atoms with van der Waals surface area (Å²) in [5, 5.41) is 0. The Labute approximate surface area is 182 Å². The zero-order valence-corrected chi connectivity index (χ0v) is 18.0. The molecule has 1 heterocycles. The molecule has 0 radical (unpaired) electrons. The number of rotatable bonds is 5. The van der Waals surface area contributed by atoms with E-state index in [1.54, 1.807) is 26.4 Å². The number of hydrogen-bond acceptors (Lipinski definition) is 3. The first kappa shape index (κ1) is 20.9. The van der Waals surface area contributed by atoms with Gasteiger partial charge in [-0.3, -0.25) is 4.79 Å². The number of hydrogen-bond donors (Lipinski definition) is 0. The number of benzene rings is 3. The summed E-state index contributed by atoms with van der Waals surface area (Å²) in [6, 6.07) is 17.7. The molecule has 1 aliphatic heterocycles. The summed E-state index contributed by atoms with van der Waals surface area (Å²) in [6.45, 7) is 2.64. The van der Waals surface area contributed by atoms with Crippen molar-refractivity contribution in [2.24, 2.45) is 0 Å². The van der Waals surface area contributed by atoms with E-state index in [1.807, 2.05) is 41.3 Å². The van der Waals surface area contributed by atoms with Crippen LogP contribution in [0.2, 0.25) is 0 Å². The molecule has 0 unspecified atom stereocenters. The Bertz CT molecular complexity index is 1080. The zero-order chi connectivity index (χ0) is 22.0. The van der Waals surface area contributed by atoms with Crippen LogP contribution in [0.25, 0.3) is 0 Å². The van der Waals surface area contributed by atoms with Gasteiger partial charge in [-0.1, -0.05) is 31.2 Å². The molecule has 0 bridgehead atoms. The van der Waals surface area contributed by atoms with Crippen LogP contribution in [0.3, 0.4) is 0 Å². The van der Waals surface area contributed by atoms with Crippen LogP contribution in [-0.2, 0) is 12.8 Å². The summed E-state index contributed by atoms with van der Waals surface area (Å²) in [5.41, 5.74) is 4.75. The van der Waals surface area contributed by atoms with E-state index in [-0.39, 0.29) is 17.8 Å². The topological polar surface area (TPSA) is 38.8 Å². The third kappa shape index (κ3) is 4.00. The first-order valence-electron chi connectivity index (χ1n) is 10.5. The van der Waals surface area contributed by atoms with Gasteiger partial charge in [0.15, 0.2) is 11.5 Å². The summed E-state index contributed by atoms with van der Waals surface area (Å²) in [4.78, 5) is 15.4. The molecule has 160 valence electrons. The summed E-state index contributed by atoms with van der Waals surface area (Å²) in [7, 11) is 3.21. The second kappa shape index (κ2) is 8.80. The van der Waals surface area contributed by atoms with Gasteiger partial charge in [0.1, 0.15) is 5.82 Å². The number of aryl methyl sites for hydroxylation is 1. The van der Waals surface area contributed by atoms with Crippen molar-refractivity contribution >= 4 is 5.91 Å². The SMILES string of the molecule is CCc1ccc(C(=O)N2CCc3cc(OC)c(OC)cc3[C@H]2c2ccc(F)cc2)cc1. The maximum absolute atomic E-state index is 13.6. The molecule has 0 saturated heterocycles. The van der Waals surface area contributed by atoms with Crippen LogP contribution >= 0.6 is 0 Å². The summed E-state index contributed by atoms with van der Waals surface area (Å²) in [5.74, 6) is 0.918. The molecule has 4 rings (SSSR count). The van der Waals surface area contributed by atoms with E-state index < -0.39 is 0 Å². The molecule has 4 nitrogen and oxygen atoms in total. The quantitative estimate of drug-likeness (QED) is 0.571. The average Bonchev–Trinajstić information content (AvgIpc) is 2.82. The molecule has 0 saturated carbocycles. The lowest BCUT2D eigenvalue weighted by Gasteiger charge is -2.38. The van der Waals surface area contributed by atoms with Crippen LogP contribution in [0.1, 0.15) is 45.6 Å². The van der Waals surface area contributed by atoms with E-state index >= 15 is 0 Å². The predicted molar refractivity (Wildman–Crippen MR) is 118 cm³/mol. The Morgan fingerprint density at radius 3 is 2.26 bits per heavy atom. The molecule has 1 amide bonds. The highest BCUT2D eigenvalue weighted by atomic mass is 19.1. The van der Waals surface area contributed by atoms with Gasteiger partial charge in [0.05, 0.1) is 20.3 Å². The maximum atomic E-state index is 13.6. The van der Waals surface area contributed by atoms with Crippen molar-refractivity contribution in [3.8, 4) is 11.5 Å². The summed E-state index contributed by atoms with van der Waals surface area (Å²) < 4.78 is 24.6. The second-order valence-electron chi connectivity index (χ2n) is 7.66. The van der Waals surface area contributed by atoms with Gasteiger partial charge in [-0.2, -0.15) is 0 Å². The van der Waals surface area contributed by atoms with Crippen molar-refractivity contribution in [1.29, 1.82) is 0 Å². The fourth-order valence-corrected chi connectivity index (χ4v) is 4.22. The number of carbonyl (C=O) groups is 1. The maximum Gasteiger partial charge on any atom is 0.254 e. The van der Waals surface area contributed by atoms with Gasteiger partial charge in [-0.05, 0) is 71.5 Å². The Balaban J connectivity index is 1.81. The number of methoxy groups -OCH3 is 2. The van der Waals surface area contributed by atoms with Crippen LogP contribution in [0.15, 0.2) is 60.7 Å². The standard InChI is InChI=1S/C26H26FNO3/c1-4-17-5-7-19(8-6-17)26(29)28-14-13-20-15-23(30-2)24(31-3)16-22(20)25(28)18-9-11-21(27)12-10-18/h5-12,15-16,25H,4,13-14H2,1-3H3/t25-/m1/s1. The van der Waals surface area contributed by atoms with Crippen molar-refractivity contribution in [2.45, 2.75) is 25.8 Å². The van der Waals surface area contributed by atoms with Gasteiger partial charge in [0.2, 0.25) is 0 Å². The first-order chi connectivity index (χ1) is 15.0. The van der Waals surface area contributed by atoms with Gasteiger partial charge < -0.3 is 14.4 Å². The lowest BCUT2D eigenvalue weighted by Crippen LogP contribution is -2.40. The second-order valence-corrected chi connectivity index (χ2v) is 7.66. The fourth-order valence-electron chi connectivity index (χ4n) is 4.22. The normalized spacial score (nSPS) is 15.4. The smallest absolute Gasteiger partial charge is 0.254 e. The third-order valence-corrected chi connectivity index (χ3v) is 5.93. The fraction of sp³-hybridized carbons (Fsp3) is 0.269. The Kier molecular flexibility index (Phi) is 5.94. The average molecular weight is 419 g/mol. The van der Waals surface area contributed by atoms with Crippen LogP contribution in [0.4, 0.5) is 4.39 Å². The van der Waals surface area contributed by atoms with Gasteiger partial charge in [-0.15, -0.1) is 0 Å². The van der Waals surface area contributed by atoms with E-state index in [0.717, 1.165) is 23.1 Å². The molecule has 1 atom stereocenters. The summed E-state index contributed by atoms with van der Waals surface area (Å²) >= 11 is 0. The van der Waals surface area contributed by atoms with Crippen molar-refractivity contribution in [3.05, 3.63) is 94.3 Å². The number of ether oxygens (including phenoxy) is 2. The van der Waals surface area contributed by atoms with Crippen molar-refractivity contribution in [3.63, 3.8) is 0 Å². The molecule has 0 N–H and O–H groups in total. The van der Waals surface area contributed by atoms with Crippen LogP contribution < -0.4 is 9.47 Å². The Morgan fingerprint density at radius 1 is 1.00 bits per heavy atom. The molecule has 5 heteroatoms. The third-order valence-electron chi connectivity index (χ3n) is 5.93. The van der Waals surface area contributed by atoms with Gasteiger partial charge >= 0.3 is 0 Å². The van der Waals surface area contributed by atoms with E-state index in [0.29, 0.717) is 30.0 Å². The van der Waals surface area contributed by atoms with E-state index in [4.69, 9.17) is 9.47 Å². The van der Waals surface area contributed by atoms with Gasteiger partial charge in [-0.25, -0.2) is 4.39 Å². The van der Waals surface area contributed by atoms with Gasteiger partial charge in [0, 0.05) is 12.1 Å². The molecule has 0 spiro atoms. The Morgan fingerprint density at radius 2 is 1.65 bits per heavy atom. The lowest BCUT2D eigenvalue weighted by atomic mass is 9.87. The predicted octanol–water partition coefficient (Wildman–Crippen LogP) is 5.19. The van der Waals surface area contributed by atoms with Crippen molar-refractivity contribution < 1.29 is 18.7 Å². The van der Waals surface area contributed by atoms with Crippen molar-refractivity contribution in [2.75, 3.05) is 20.8 Å². The zero-order valence-electron chi connectivity index (χ0n) is 18.0. The van der Waals surface area contributed by atoms with E-state index in [2.05, 4.69) is 6.92 Å². The number of halogens is 1. The molecular weight excluding hydrogens is 393 g/mol. The summed E-state index contributed by atoms with van der Waals surface area (Å²) in [6.07, 6.45) is 1.62. The van der Waals surface area contributed by atoms with Crippen molar-refractivity contribution in [1.82, 2.24) is 4.90 Å². The number of nitrogens with zero attached hydrogens (tertiary/aromatic N) is 1. The minimum Gasteiger partial charge on any atom is -0.493 e. The molecule has 0 fully saturated rings. The van der Waals surface area contributed by atoms with Gasteiger partial charge in [0.25, 0.3) is 5.91 Å². The largest absolute Gasteiger partial charge is 0.493 e. The highest BCUT2D eigenvalue weighted by molar-refractivity contribution is 5.95. The molecular formula is C26H26FNO3. The molecule has 31 heavy (non-hydrogen) atoms. The number of carbonyl (C=O) groups excluding carboxylic acids is 1. The highest BCUT2D eigenvalue weighted by Gasteiger charge is 2.33. The molecule has 3 aromatic carbocycles. The monoisotopic (exact) mass is 419 g/mol. The minimum atomic E-state index is -0.345. The number of amides is 1. The van der Waals surface area contributed by atoms with Crippen LogP contribution in [-0.4, -0.2) is 31.6 Å². The lowest BCUT2D eigenvalue weighted by molar-refractivity contribution is 0.0694. The molecule has 3 aromatic rings. The highest BCUT2D eigenvalue weighted by Crippen LogP contribution is 2.41. The van der Waals surface area contributed by atoms with Crippen LogP contribution in [0.5, 0.6) is 11.5 Å². The molecule has 0 aliphatic carbocycles. The van der Waals surface area contributed by atoms with E-state index in [9.17, 15) is 9.18 Å². The molecule has 0 aromatic heterocycles. The Hall–Kier alpha value is -3.34. The van der Waals surface area contributed by atoms with Crippen LogP contribution in [0, 0.1) is 5.82 Å². The van der Waals surface area contributed by atoms with E-state index in [1.165, 1.54) is 17.7 Å². The number of fused-ring (bicyclic) bond motifs is 1. The molecule has 1 aliphatic rings. The first-order valence-corrected chi connectivity index (χ1v) is 10.5.